The Morgan fingerprint density at radius 3 is 2.62 bits per heavy atom. The zero-order valence-corrected chi connectivity index (χ0v) is 11.1. The Morgan fingerprint density at radius 1 is 1.44 bits per heavy atom. The van der Waals surface area contributed by atoms with Gasteiger partial charge in [-0.1, -0.05) is 20.8 Å². The highest BCUT2D eigenvalue weighted by Gasteiger charge is 2.11. The van der Waals surface area contributed by atoms with Crippen LogP contribution in [0.15, 0.2) is 5.38 Å². The number of aryl methyl sites for hydroxylation is 1. The normalized spacial score (nSPS) is 11.2. The summed E-state index contributed by atoms with van der Waals surface area (Å²) >= 11 is 1.56. The summed E-state index contributed by atoms with van der Waals surface area (Å²) in [6, 6.07) is -0.136. The van der Waals surface area contributed by atoms with Gasteiger partial charge in [-0.3, -0.25) is 0 Å². The van der Waals surface area contributed by atoms with Crippen molar-refractivity contribution in [2.75, 3.05) is 6.54 Å². The first-order chi connectivity index (χ1) is 7.37. The highest BCUT2D eigenvalue weighted by atomic mass is 32.1. The van der Waals surface area contributed by atoms with Crippen molar-refractivity contribution in [1.82, 2.24) is 15.6 Å². The average Bonchev–Trinajstić information content (AvgIpc) is 2.57. The number of nitrogens with zero attached hydrogens (tertiary/aromatic N) is 1. The number of thiazole rings is 1. The Balaban J connectivity index is 2.25. The summed E-state index contributed by atoms with van der Waals surface area (Å²) in [4.78, 5) is 15.7. The number of carbonyl (C=O) groups excluding carboxylic acids is 1. The number of carbonyl (C=O) groups is 1. The van der Waals surface area contributed by atoms with Crippen molar-refractivity contribution in [1.29, 1.82) is 0 Å². The van der Waals surface area contributed by atoms with E-state index in [0.717, 1.165) is 10.7 Å². The Morgan fingerprint density at radius 2 is 2.12 bits per heavy atom. The second-order valence-electron chi connectivity index (χ2n) is 4.98. The largest absolute Gasteiger partial charge is 0.338 e. The van der Waals surface area contributed by atoms with Crippen LogP contribution in [0.25, 0.3) is 0 Å². The van der Waals surface area contributed by atoms with Gasteiger partial charge in [0, 0.05) is 17.6 Å². The van der Waals surface area contributed by atoms with E-state index in [-0.39, 0.29) is 11.4 Å². The van der Waals surface area contributed by atoms with Gasteiger partial charge in [0.1, 0.15) is 5.01 Å². The number of hydrogen-bond acceptors (Lipinski definition) is 3. The molecule has 2 N–H and O–H groups in total. The minimum Gasteiger partial charge on any atom is -0.338 e. The molecule has 0 atom stereocenters. The van der Waals surface area contributed by atoms with Crippen LogP contribution in [0, 0.1) is 12.3 Å². The van der Waals surface area contributed by atoms with E-state index in [1.165, 1.54) is 0 Å². The first-order valence-electron chi connectivity index (χ1n) is 5.29. The fourth-order valence-electron chi connectivity index (χ4n) is 1.05. The summed E-state index contributed by atoms with van der Waals surface area (Å²) in [6.07, 6.45) is 0. The number of amides is 2. The summed E-state index contributed by atoms with van der Waals surface area (Å²) in [5, 5.41) is 8.52. The van der Waals surface area contributed by atoms with Gasteiger partial charge in [-0.2, -0.15) is 0 Å². The van der Waals surface area contributed by atoms with Gasteiger partial charge in [-0.05, 0) is 12.3 Å². The van der Waals surface area contributed by atoms with Gasteiger partial charge in [0.15, 0.2) is 0 Å². The summed E-state index contributed by atoms with van der Waals surface area (Å²) in [5.74, 6) is 0. The molecule has 16 heavy (non-hydrogen) atoms. The van der Waals surface area contributed by atoms with Gasteiger partial charge in [-0.15, -0.1) is 11.3 Å². The third-order valence-corrected chi connectivity index (χ3v) is 2.81. The summed E-state index contributed by atoms with van der Waals surface area (Å²) in [7, 11) is 0. The predicted octanol–water partition coefficient (Wildman–Crippen LogP) is 2.30. The van der Waals surface area contributed by atoms with Crippen molar-refractivity contribution in [2.24, 2.45) is 5.41 Å². The minimum atomic E-state index is -0.136. The molecule has 4 nitrogen and oxygen atoms in total. The lowest BCUT2D eigenvalue weighted by molar-refractivity contribution is 0.235. The van der Waals surface area contributed by atoms with Crippen LogP contribution >= 0.6 is 11.3 Å². The number of nitrogens with one attached hydrogen (secondary N) is 2. The number of rotatable bonds is 3. The van der Waals surface area contributed by atoms with E-state index < -0.39 is 0 Å². The van der Waals surface area contributed by atoms with E-state index >= 15 is 0 Å². The zero-order chi connectivity index (χ0) is 12.2. The molecule has 0 saturated carbocycles. The standard InChI is InChI=1S/C11H19N3OS/c1-8-6-16-9(14-8)5-12-10(15)13-7-11(2,3)4/h6H,5,7H2,1-4H3,(H2,12,13,15). The maximum absolute atomic E-state index is 11.4. The Hall–Kier alpha value is -1.10. The van der Waals surface area contributed by atoms with Crippen LogP contribution in [0.1, 0.15) is 31.5 Å². The third-order valence-electron chi connectivity index (χ3n) is 1.85. The molecule has 0 aliphatic heterocycles. The molecule has 2 amide bonds. The monoisotopic (exact) mass is 241 g/mol. The SMILES string of the molecule is Cc1csc(CNC(=O)NCC(C)(C)C)n1. The van der Waals surface area contributed by atoms with Crippen molar-refractivity contribution in [3.8, 4) is 0 Å². The highest BCUT2D eigenvalue weighted by molar-refractivity contribution is 7.09. The van der Waals surface area contributed by atoms with E-state index in [1.54, 1.807) is 11.3 Å². The molecule has 0 bridgehead atoms. The number of hydrogen-bond donors (Lipinski definition) is 2. The Kier molecular flexibility index (Phi) is 4.29. The van der Waals surface area contributed by atoms with Gasteiger partial charge in [0.2, 0.25) is 0 Å². The van der Waals surface area contributed by atoms with Crippen LogP contribution in [0.4, 0.5) is 4.79 Å². The summed E-state index contributed by atoms with van der Waals surface area (Å²) in [5.41, 5.74) is 1.10. The number of aromatic nitrogens is 1. The van der Waals surface area contributed by atoms with Gasteiger partial charge in [0.25, 0.3) is 0 Å². The molecule has 0 aliphatic rings. The number of urea groups is 1. The van der Waals surface area contributed by atoms with Gasteiger partial charge in [-0.25, -0.2) is 9.78 Å². The molecule has 0 saturated heterocycles. The maximum Gasteiger partial charge on any atom is 0.315 e. The minimum absolute atomic E-state index is 0.106. The molecule has 1 heterocycles. The first-order valence-corrected chi connectivity index (χ1v) is 6.17. The van der Waals surface area contributed by atoms with Crippen LogP contribution in [0.5, 0.6) is 0 Å². The van der Waals surface area contributed by atoms with Crippen molar-refractivity contribution in [2.45, 2.75) is 34.2 Å². The zero-order valence-electron chi connectivity index (χ0n) is 10.3. The molecule has 5 heteroatoms. The summed E-state index contributed by atoms with van der Waals surface area (Å²) < 4.78 is 0. The van der Waals surface area contributed by atoms with E-state index in [2.05, 4.69) is 36.4 Å². The van der Waals surface area contributed by atoms with Crippen LogP contribution < -0.4 is 10.6 Å². The predicted molar refractivity (Wildman–Crippen MR) is 66.5 cm³/mol. The quantitative estimate of drug-likeness (QED) is 0.853. The molecule has 0 unspecified atom stereocenters. The van der Waals surface area contributed by atoms with E-state index in [9.17, 15) is 4.79 Å². The molecule has 1 rings (SSSR count). The van der Waals surface area contributed by atoms with E-state index in [0.29, 0.717) is 13.1 Å². The highest BCUT2D eigenvalue weighted by Crippen LogP contribution is 2.10. The molecule has 1 aromatic heterocycles. The molecule has 0 fully saturated rings. The molecule has 1 aromatic rings. The van der Waals surface area contributed by atoms with E-state index in [4.69, 9.17) is 0 Å². The fourth-order valence-corrected chi connectivity index (χ4v) is 1.76. The van der Waals surface area contributed by atoms with Gasteiger partial charge >= 0.3 is 6.03 Å². The van der Waals surface area contributed by atoms with Crippen LogP contribution in [0.3, 0.4) is 0 Å². The third kappa shape index (κ3) is 5.11. The van der Waals surface area contributed by atoms with Crippen molar-refractivity contribution in [3.63, 3.8) is 0 Å². The van der Waals surface area contributed by atoms with Crippen LogP contribution in [-0.2, 0) is 6.54 Å². The first kappa shape index (κ1) is 13.0. The molecule has 0 radical (unpaired) electrons. The molecular weight excluding hydrogens is 222 g/mol. The second-order valence-corrected chi connectivity index (χ2v) is 5.92. The Labute approximate surface area is 100 Å². The lowest BCUT2D eigenvalue weighted by Gasteiger charge is -2.18. The lowest BCUT2D eigenvalue weighted by Crippen LogP contribution is -2.39. The second kappa shape index (κ2) is 5.30. The van der Waals surface area contributed by atoms with E-state index in [1.807, 2.05) is 12.3 Å². The molecule has 0 spiro atoms. The average molecular weight is 241 g/mol. The maximum atomic E-state index is 11.4. The lowest BCUT2D eigenvalue weighted by atomic mass is 9.97. The summed E-state index contributed by atoms with van der Waals surface area (Å²) in [6.45, 7) is 9.34. The fraction of sp³-hybridized carbons (Fsp3) is 0.636. The molecule has 90 valence electrons. The molecule has 0 aliphatic carbocycles. The van der Waals surface area contributed by atoms with Crippen molar-refractivity contribution >= 4 is 17.4 Å². The molecular formula is C11H19N3OS. The molecule has 0 aromatic carbocycles. The van der Waals surface area contributed by atoms with Gasteiger partial charge in [0.05, 0.1) is 6.54 Å². The van der Waals surface area contributed by atoms with Crippen LogP contribution in [0.2, 0.25) is 0 Å². The smallest absolute Gasteiger partial charge is 0.315 e. The Bertz CT molecular complexity index is 354. The van der Waals surface area contributed by atoms with Gasteiger partial charge < -0.3 is 10.6 Å². The van der Waals surface area contributed by atoms with Crippen LogP contribution in [-0.4, -0.2) is 17.6 Å². The van der Waals surface area contributed by atoms with Crippen molar-refractivity contribution < 1.29 is 4.79 Å². The van der Waals surface area contributed by atoms with Crippen molar-refractivity contribution in [3.05, 3.63) is 16.1 Å². The topological polar surface area (TPSA) is 54.0 Å².